The quantitative estimate of drug-likeness (QED) is 0.911. The fraction of sp³-hybridized carbons (Fsp3) is 0.438. The van der Waals surface area contributed by atoms with Crippen molar-refractivity contribution >= 4 is 0 Å². The van der Waals surface area contributed by atoms with Gasteiger partial charge in [0, 0.05) is 19.0 Å². The smallest absolute Gasteiger partial charge is 0.122 e. The van der Waals surface area contributed by atoms with Gasteiger partial charge in [0.2, 0.25) is 0 Å². The largest absolute Gasteiger partial charge is 0.491 e. The van der Waals surface area contributed by atoms with E-state index in [0.29, 0.717) is 6.54 Å². The summed E-state index contributed by atoms with van der Waals surface area (Å²) in [7, 11) is 1.96. The average Bonchev–Trinajstić information content (AvgIpc) is 2.73. The highest BCUT2D eigenvalue weighted by atomic mass is 16.5. The molecule has 2 rings (SSSR count). The number of benzene rings is 1. The minimum absolute atomic E-state index is 0.187. The van der Waals surface area contributed by atoms with Gasteiger partial charge in [-0.1, -0.05) is 0 Å². The number of aromatic nitrogens is 2. The molecule has 4 heteroatoms. The van der Waals surface area contributed by atoms with Gasteiger partial charge in [-0.15, -0.1) is 0 Å². The second-order valence-corrected chi connectivity index (χ2v) is 5.33. The molecule has 0 aliphatic carbocycles. The van der Waals surface area contributed by atoms with E-state index in [-0.39, 0.29) is 6.10 Å². The molecule has 1 aromatic carbocycles. The second-order valence-electron chi connectivity index (χ2n) is 5.33. The zero-order valence-corrected chi connectivity index (χ0v) is 12.7. The van der Waals surface area contributed by atoms with Crippen molar-refractivity contribution in [1.29, 1.82) is 0 Å². The predicted molar refractivity (Wildman–Crippen MR) is 81.9 cm³/mol. The molecule has 2 N–H and O–H groups in total. The molecule has 1 aromatic heterocycles. The third-order valence-corrected chi connectivity index (χ3v) is 3.16. The molecule has 0 spiro atoms. The van der Waals surface area contributed by atoms with Gasteiger partial charge in [-0.25, -0.2) is 0 Å². The van der Waals surface area contributed by atoms with E-state index in [1.165, 1.54) is 0 Å². The molecule has 0 atom stereocenters. The molecular weight excluding hydrogens is 250 g/mol. The van der Waals surface area contributed by atoms with Gasteiger partial charge in [-0.05, 0) is 57.1 Å². The number of hydrogen-bond donors (Lipinski definition) is 1. The summed E-state index contributed by atoms with van der Waals surface area (Å²) in [5, 5.41) is 4.48. The molecule has 0 aliphatic heterocycles. The Morgan fingerprint density at radius 3 is 2.65 bits per heavy atom. The number of rotatable bonds is 5. The van der Waals surface area contributed by atoms with Crippen LogP contribution in [0.3, 0.4) is 0 Å². The lowest BCUT2D eigenvalue weighted by Crippen LogP contribution is -2.06. The van der Waals surface area contributed by atoms with Crippen LogP contribution in [-0.4, -0.2) is 22.4 Å². The van der Waals surface area contributed by atoms with Crippen LogP contribution in [0.5, 0.6) is 5.75 Å². The number of hydrogen-bond acceptors (Lipinski definition) is 3. The molecule has 2 aromatic rings. The first-order valence-corrected chi connectivity index (χ1v) is 7.02. The Balaban J connectivity index is 2.31. The molecule has 0 fully saturated rings. The van der Waals surface area contributed by atoms with E-state index < -0.39 is 0 Å². The summed E-state index contributed by atoms with van der Waals surface area (Å²) in [6.07, 6.45) is 0.994. The van der Waals surface area contributed by atoms with Gasteiger partial charge in [-0.2, -0.15) is 5.10 Å². The number of ether oxygens (including phenoxy) is 1. The lowest BCUT2D eigenvalue weighted by Gasteiger charge is -2.13. The van der Waals surface area contributed by atoms with Crippen LogP contribution in [0.25, 0.3) is 11.3 Å². The van der Waals surface area contributed by atoms with Crippen molar-refractivity contribution in [2.75, 3.05) is 6.54 Å². The molecule has 0 saturated carbocycles. The van der Waals surface area contributed by atoms with E-state index in [2.05, 4.69) is 30.2 Å². The van der Waals surface area contributed by atoms with Crippen LogP contribution in [0.4, 0.5) is 0 Å². The fourth-order valence-corrected chi connectivity index (χ4v) is 2.26. The second kappa shape index (κ2) is 6.09. The van der Waals surface area contributed by atoms with Gasteiger partial charge in [0.1, 0.15) is 5.75 Å². The Morgan fingerprint density at radius 1 is 1.30 bits per heavy atom. The fourth-order valence-electron chi connectivity index (χ4n) is 2.26. The van der Waals surface area contributed by atoms with Gasteiger partial charge in [0.25, 0.3) is 0 Å². The van der Waals surface area contributed by atoms with Crippen LogP contribution in [-0.2, 0) is 13.5 Å². The Kier molecular flexibility index (Phi) is 4.45. The summed E-state index contributed by atoms with van der Waals surface area (Å²) < 4.78 is 7.68. The molecule has 20 heavy (non-hydrogen) atoms. The highest BCUT2D eigenvalue weighted by Crippen LogP contribution is 2.27. The Bertz CT molecular complexity index is 587. The number of aryl methyl sites for hydroxylation is 2. The van der Waals surface area contributed by atoms with E-state index in [1.807, 2.05) is 31.6 Å². The summed E-state index contributed by atoms with van der Waals surface area (Å²) in [5.41, 5.74) is 10.0. The van der Waals surface area contributed by atoms with Gasteiger partial charge < -0.3 is 10.5 Å². The highest BCUT2D eigenvalue weighted by molar-refractivity contribution is 5.62. The molecule has 0 amide bonds. The van der Waals surface area contributed by atoms with Crippen molar-refractivity contribution in [1.82, 2.24) is 9.78 Å². The van der Waals surface area contributed by atoms with Crippen molar-refractivity contribution in [2.24, 2.45) is 12.8 Å². The first-order chi connectivity index (χ1) is 9.51. The maximum Gasteiger partial charge on any atom is 0.122 e. The van der Waals surface area contributed by atoms with Crippen LogP contribution >= 0.6 is 0 Å². The van der Waals surface area contributed by atoms with Crippen LogP contribution in [0.1, 0.15) is 25.1 Å². The van der Waals surface area contributed by atoms with Crippen molar-refractivity contribution in [3.63, 3.8) is 0 Å². The SMILES string of the molecule is Cc1cc(-c2cc(CCN)nn2C)ccc1OC(C)C. The summed E-state index contributed by atoms with van der Waals surface area (Å²) in [5.74, 6) is 0.938. The molecule has 0 unspecified atom stereocenters. The lowest BCUT2D eigenvalue weighted by atomic mass is 10.1. The standard InChI is InChI=1S/C16H23N3O/c1-11(2)20-16-6-5-13(9-12(16)3)15-10-14(7-8-17)18-19(15)4/h5-6,9-11H,7-8,17H2,1-4H3. The van der Waals surface area contributed by atoms with Crippen LogP contribution in [0.15, 0.2) is 24.3 Å². The number of nitrogens with two attached hydrogens (primary N) is 1. The number of nitrogens with zero attached hydrogens (tertiary/aromatic N) is 2. The zero-order valence-electron chi connectivity index (χ0n) is 12.7. The van der Waals surface area contributed by atoms with Gasteiger partial charge >= 0.3 is 0 Å². The Morgan fingerprint density at radius 2 is 2.05 bits per heavy atom. The first-order valence-electron chi connectivity index (χ1n) is 7.02. The van der Waals surface area contributed by atoms with Gasteiger partial charge in [0.05, 0.1) is 17.5 Å². The summed E-state index contributed by atoms with van der Waals surface area (Å²) in [6.45, 7) is 6.76. The van der Waals surface area contributed by atoms with E-state index in [4.69, 9.17) is 10.5 Å². The average molecular weight is 273 g/mol. The summed E-state index contributed by atoms with van der Waals surface area (Å²) in [6, 6.07) is 8.35. The van der Waals surface area contributed by atoms with Gasteiger partial charge in [-0.3, -0.25) is 4.68 Å². The van der Waals surface area contributed by atoms with Crippen molar-refractivity contribution in [3.8, 4) is 17.0 Å². The summed E-state index contributed by atoms with van der Waals surface area (Å²) in [4.78, 5) is 0. The molecule has 4 nitrogen and oxygen atoms in total. The Labute approximate surface area is 120 Å². The maximum atomic E-state index is 5.77. The third kappa shape index (κ3) is 3.20. The molecule has 0 bridgehead atoms. The van der Waals surface area contributed by atoms with E-state index in [1.54, 1.807) is 0 Å². The molecule has 108 valence electrons. The summed E-state index contributed by atoms with van der Waals surface area (Å²) >= 11 is 0. The van der Waals surface area contributed by atoms with E-state index >= 15 is 0 Å². The normalized spacial score (nSPS) is 11.1. The Hall–Kier alpha value is -1.81. The predicted octanol–water partition coefficient (Wildman–Crippen LogP) is 2.68. The molecule has 0 radical (unpaired) electrons. The van der Waals surface area contributed by atoms with E-state index in [0.717, 1.165) is 34.7 Å². The van der Waals surface area contributed by atoms with Crippen LogP contribution in [0.2, 0.25) is 0 Å². The highest BCUT2D eigenvalue weighted by Gasteiger charge is 2.09. The maximum absolute atomic E-state index is 5.77. The molecular formula is C16H23N3O. The minimum atomic E-state index is 0.187. The minimum Gasteiger partial charge on any atom is -0.491 e. The molecule has 0 saturated heterocycles. The van der Waals surface area contributed by atoms with E-state index in [9.17, 15) is 0 Å². The van der Waals surface area contributed by atoms with Crippen molar-refractivity contribution < 1.29 is 4.74 Å². The van der Waals surface area contributed by atoms with Crippen molar-refractivity contribution in [3.05, 3.63) is 35.5 Å². The van der Waals surface area contributed by atoms with Crippen LogP contribution < -0.4 is 10.5 Å². The zero-order chi connectivity index (χ0) is 14.7. The monoisotopic (exact) mass is 273 g/mol. The molecule has 1 heterocycles. The third-order valence-electron chi connectivity index (χ3n) is 3.16. The van der Waals surface area contributed by atoms with Crippen molar-refractivity contribution in [2.45, 2.75) is 33.3 Å². The topological polar surface area (TPSA) is 53.1 Å². The van der Waals surface area contributed by atoms with Crippen LogP contribution in [0, 0.1) is 6.92 Å². The van der Waals surface area contributed by atoms with Gasteiger partial charge in [0.15, 0.2) is 0 Å². The molecule has 0 aliphatic rings. The lowest BCUT2D eigenvalue weighted by molar-refractivity contribution is 0.241. The first kappa shape index (κ1) is 14.6.